The van der Waals surface area contributed by atoms with Crippen molar-refractivity contribution in [2.75, 3.05) is 12.0 Å². The van der Waals surface area contributed by atoms with Gasteiger partial charge in [0.05, 0.1) is 17.8 Å². The van der Waals surface area contributed by atoms with Crippen LogP contribution in [0.15, 0.2) is 11.1 Å². The number of fused-ring (bicyclic) bond motifs is 1. The lowest BCUT2D eigenvalue weighted by atomic mass is 10.2. The second-order valence-corrected chi connectivity index (χ2v) is 6.77. The van der Waals surface area contributed by atoms with Gasteiger partial charge in [-0.1, -0.05) is 0 Å². The third kappa shape index (κ3) is 2.94. The molecule has 0 amide bonds. The number of rotatable bonds is 4. The summed E-state index contributed by atoms with van der Waals surface area (Å²) in [6.45, 7) is 0.423. The largest absolute Gasteiger partial charge is 0.299 e. The van der Waals surface area contributed by atoms with Gasteiger partial charge in [0, 0.05) is 18.4 Å². The number of hydrogen-bond acceptors (Lipinski definition) is 4. The van der Waals surface area contributed by atoms with Crippen LogP contribution in [0.3, 0.4) is 0 Å². The Morgan fingerprint density at radius 3 is 2.88 bits per heavy atom. The van der Waals surface area contributed by atoms with E-state index in [0.717, 1.165) is 30.5 Å². The van der Waals surface area contributed by atoms with Crippen molar-refractivity contribution in [2.45, 2.75) is 32.2 Å². The lowest BCUT2D eigenvalue weighted by Gasteiger charge is -2.06. The summed E-state index contributed by atoms with van der Waals surface area (Å²) in [5.41, 5.74) is 1.72. The fraction of sp³-hybridized carbons (Fsp3) is 0.636. The van der Waals surface area contributed by atoms with Gasteiger partial charge >= 0.3 is 0 Å². The Kier molecular flexibility index (Phi) is 3.33. The highest BCUT2D eigenvalue weighted by molar-refractivity contribution is 7.90. The smallest absolute Gasteiger partial charge is 0.256 e. The molecule has 0 aromatic carbocycles. The Morgan fingerprint density at radius 2 is 2.18 bits per heavy atom. The van der Waals surface area contributed by atoms with Gasteiger partial charge in [-0.3, -0.25) is 9.36 Å². The summed E-state index contributed by atoms with van der Waals surface area (Å²) in [7, 11) is -2.95. The van der Waals surface area contributed by atoms with E-state index in [2.05, 4.69) is 4.98 Å². The topological polar surface area (TPSA) is 69.0 Å². The van der Waals surface area contributed by atoms with Crippen LogP contribution in [0, 0.1) is 0 Å². The molecule has 1 aliphatic carbocycles. The molecule has 1 aromatic rings. The van der Waals surface area contributed by atoms with E-state index in [4.69, 9.17) is 0 Å². The van der Waals surface area contributed by atoms with Crippen LogP contribution in [-0.2, 0) is 29.2 Å². The van der Waals surface area contributed by atoms with Gasteiger partial charge in [0.2, 0.25) is 0 Å². The zero-order chi connectivity index (χ0) is 12.5. The maximum atomic E-state index is 12.0. The zero-order valence-electron chi connectivity index (χ0n) is 9.85. The lowest BCUT2D eigenvalue weighted by molar-refractivity contribution is 0.586. The normalized spacial score (nSPS) is 14.9. The highest BCUT2D eigenvalue weighted by Gasteiger charge is 2.17. The number of aromatic nitrogens is 2. The molecule has 0 N–H and O–H groups in total. The first-order valence-electron chi connectivity index (χ1n) is 5.72. The fourth-order valence-electron chi connectivity index (χ4n) is 2.12. The number of aryl methyl sites for hydroxylation is 2. The summed E-state index contributed by atoms with van der Waals surface area (Å²) in [6.07, 6.45) is 5.87. The van der Waals surface area contributed by atoms with E-state index >= 15 is 0 Å². The molecule has 6 heteroatoms. The van der Waals surface area contributed by atoms with Crippen LogP contribution in [0.1, 0.15) is 24.1 Å². The van der Waals surface area contributed by atoms with Gasteiger partial charge < -0.3 is 0 Å². The molecular formula is C11H16N2O3S. The second kappa shape index (κ2) is 4.60. The van der Waals surface area contributed by atoms with Crippen molar-refractivity contribution < 1.29 is 8.42 Å². The van der Waals surface area contributed by atoms with E-state index in [1.807, 2.05) is 0 Å². The van der Waals surface area contributed by atoms with Gasteiger partial charge in [0.1, 0.15) is 9.84 Å². The maximum Gasteiger partial charge on any atom is 0.256 e. The highest BCUT2D eigenvalue weighted by Crippen LogP contribution is 2.14. The van der Waals surface area contributed by atoms with Crippen LogP contribution in [0.25, 0.3) is 0 Å². The van der Waals surface area contributed by atoms with Gasteiger partial charge in [-0.05, 0) is 25.7 Å². The SMILES string of the molecule is CS(=O)(=O)CCCn1cnc2c(c1=O)CCC2. The summed E-state index contributed by atoms with van der Waals surface area (Å²) >= 11 is 0. The molecule has 1 aliphatic rings. The monoisotopic (exact) mass is 256 g/mol. The Morgan fingerprint density at radius 1 is 1.41 bits per heavy atom. The Labute approximate surface area is 100 Å². The molecular weight excluding hydrogens is 240 g/mol. The summed E-state index contributed by atoms with van der Waals surface area (Å²) < 4.78 is 23.5. The Hall–Kier alpha value is -1.17. The summed E-state index contributed by atoms with van der Waals surface area (Å²) in [5, 5.41) is 0. The van der Waals surface area contributed by atoms with Crippen molar-refractivity contribution in [2.24, 2.45) is 0 Å². The second-order valence-electron chi connectivity index (χ2n) is 4.51. The van der Waals surface area contributed by atoms with Gasteiger partial charge in [-0.2, -0.15) is 0 Å². The number of sulfone groups is 1. The van der Waals surface area contributed by atoms with E-state index in [1.54, 1.807) is 0 Å². The highest BCUT2D eigenvalue weighted by atomic mass is 32.2. The minimum atomic E-state index is -2.95. The molecule has 1 aromatic heterocycles. The first kappa shape index (κ1) is 12.3. The average molecular weight is 256 g/mol. The summed E-state index contributed by atoms with van der Waals surface area (Å²) in [4.78, 5) is 16.2. The molecule has 0 aliphatic heterocycles. The Balaban J connectivity index is 2.10. The summed E-state index contributed by atoms with van der Waals surface area (Å²) in [6, 6.07) is 0. The van der Waals surface area contributed by atoms with E-state index in [-0.39, 0.29) is 11.3 Å². The predicted molar refractivity (Wildman–Crippen MR) is 64.8 cm³/mol. The zero-order valence-corrected chi connectivity index (χ0v) is 10.7. The predicted octanol–water partition coefficient (Wildman–Crippen LogP) is 0.167. The molecule has 0 atom stereocenters. The van der Waals surface area contributed by atoms with Crippen LogP contribution in [0.2, 0.25) is 0 Å². The first-order chi connectivity index (χ1) is 7.97. The number of hydrogen-bond donors (Lipinski definition) is 0. The van der Waals surface area contributed by atoms with Crippen molar-refractivity contribution in [1.82, 2.24) is 9.55 Å². The fourth-order valence-corrected chi connectivity index (χ4v) is 2.78. The van der Waals surface area contributed by atoms with Crippen molar-refractivity contribution >= 4 is 9.84 Å². The molecule has 17 heavy (non-hydrogen) atoms. The molecule has 0 spiro atoms. The van der Waals surface area contributed by atoms with Crippen LogP contribution in [0.4, 0.5) is 0 Å². The molecule has 0 bridgehead atoms. The van der Waals surface area contributed by atoms with Crippen molar-refractivity contribution in [3.05, 3.63) is 27.9 Å². The van der Waals surface area contributed by atoms with E-state index < -0.39 is 9.84 Å². The average Bonchev–Trinajstić information content (AvgIpc) is 2.68. The quantitative estimate of drug-likeness (QED) is 0.770. The van der Waals surface area contributed by atoms with Crippen LogP contribution >= 0.6 is 0 Å². The molecule has 94 valence electrons. The minimum absolute atomic E-state index is 0.000927. The molecule has 0 unspecified atom stereocenters. The lowest BCUT2D eigenvalue weighted by Crippen LogP contribution is -2.25. The van der Waals surface area contributed by atoms with Crippen molar-refractivity contribution in [3.8, 4) is 0 Å². The van der Waals surface area contributed by atoms with Gasteiger partial charge in [0.15, 0.2) is 0 Å². The van der Waals surface area contributed by atoms with E-state index in [9.17, 15) is 13.2 Å². The molecule has 0 saturated carbocycles. The Bertz CT molecular complexity index is 575. The summed E-state index contributed by atoms with van der Waals surface area (Å²) in [5.74, 6) is 0.108. The maximum absolute atomic E-state index is 12.0. The van der Waals surface area contributed by atoms with Gasteiger partial charge in [0.25, 0.3) is 5.56 Å². The molecule has 0 radical (unpaired) electrons. The van der Waals surface area contributed by atoms with Crippen LogP contribution in [-0.4, -0.2) is 30.0 Å². The standard InChI is InChI=1S/C11H16N2O3S/c1-17(15,16)7-3-6-13-8-12-10-5-2-4-9(10)11(13)14/h8H,2-7H2,1H3. The van der Waals surface area contributed by atoms with Crippen LogP contribution < -0.4 is 5.56 Å². The van der Waals surface area contributed by atoms with E-state index in [1.165, 1.54) is 17.2 Å². The van der Waals surface area contributed by atoms with Crippen LogP contribution in [0.5, 0.6) is 0 Å². The molecule has 5 nitrogen and oxygen atoms in total. The molecule has 1 heterocycles. The third-order valence-corrected chi connectivity index (χ3v) is 4.01. The van der Waals surface area contributed by atoms with Gasteiger partial charge in [-0.25, -0.2) is 13.4 Å². The number of nitrogens with zero attached hydrogens (tertiary/aromatic N) is 2. The van der Waals surface area contributed by atoms with Crippen molar-refractivity contribution in [3.63, 3.8) is 0 Å². The third-order valence-electron chi connectivity index (χ3n) is 2.97. The minimum Gasteiger partial charge on any atom is -0.299 e. The first-order valence-corrected chi connectivity index (χ1v) is 7.78. The molecule has 0 saturated heterocycles. The molecule has 2 rings (SSSR count). The molecule has 0 fully saturated rings. The van der Waals surface area contributed by atoms with E-state index in [0.29, 0.717) is 13.0 Å². The van der Waals surface area contributed by atoms with Gasteiger partial charge in [-0.15, -0.1) is 0 Å². The van der Waals surface area contributed by atoms with Crippen molar-refractivity contribution in [1.29, 1.82) is 0 Å².